The van der Waals surface area contributed by atoms with Gasteiger partial charge in [0.2, 0.25) is 0 Å². The maximum Gasteiger partial charge on any atom is 0.258 e. The van der Waals surface area contributed by atoms with Gasteiger partial charge in [-0.2, -0.15) is 0 Å². The molecule has 1 saturated heterocycles. The largest absolute Gasteiger partial charge is 0.484 e. The van der Waals surface area contributed by atoms with Gasteiger partial charge in [0, 0.05) is 30.1 Å². The molecule has 0 spiro atoms. The first-order valence-corrected chi connectivity index (χ1v) is 8.92. The van der Waals surface area contributed by atoms with Crippen molar-refractivity contribution in [2.75, 3.05) is 19.7 Å². The summed E-state index contributed by atoms with van der Waals surface area (Å²) in [6.07, 6.45) is 0.983. The summed E-state index contributed by atoms with van der Waals surface area (Å²) in [6.45, 7) is 2.88. The summed E-state index contributed by atoms with van der Waals surface area (Å²) < 4.78 is 6.50. The molecular weight excluding hydrogens is 368 g/mol. The van der Waals surface area contributed by atoms with E-state index in [9.17, 15) is 4.79 Å². The molecule has 1 aliphatic heterocycles. The molecule has 0 radical (unpaired) electrons. The van der Waals surface area contributed by atoms with Crippen LogP contribution in [0.4, 0.5) is 0 Å². The minimum absolute atomic E-state index is 0.0524. The highest BCUT2D eigenvalue weighted by atomic mass is 79.9. The topological polar surface area (TPSA) is 41.6 Å². The summed E-state index contributed by atoms with van der Waals surface area (Å²) in [5.41, 5.74) is 1.31. The highest BCUT2D eigenvalue weighted by Crippen LogP contribution is 2.16. The average molecular weight is 389 g/mol. The van der Waals surface area contributed by atoms with Crippen LogP contribution < -0.4 is 10.1 Å². The van der Waals surface area contributed by atoms with E-state index in [0.717, 1.165) is 30.5 Å². The molecule has 0 bridgehead atoms. The molecule has 4 nitrogen and oxygen atoms in total. The van der Waals surface area contributed by atoms with Crippen LogP contribution >= 0.6 is 15.9 Å². The van der Waals surface area contributed by atoms with Crippen molar-refractivity contribution in [2.45, 2.75) is 19.0 Å². The van der Waals surface area contributed by atoms with Gasteiger partial charge in [0.1, 0.15) is 5.75 Å². The maximum absolute atomic E-state index is 12.0. The van der Waals surface area contributed by atoms with Gasteiger partial charge in [-0.05, 0) is 36.2 Å². The molecule has 1 N–H and O–H groups in total. The number of carbonyl (C=O) groups is 1. The van der Waals surface area contributed by atoms with Crippen LogP contribution in [0, 0.1) is 0 Å². The Hall–Kier alpha value is -1.85. The zero-order chi connectivity index (χ0) is 16.8. The molecular formula is C19H21BrN2O2. The number of nitrogens with zero attached hydrogens (tertiary/aromatic N) is 1. The van der Waals surface area contributed by atoms with Crippen molar-refractivity contribution in [1.82, 2.24) is 10.2 Å². The van der Waals surface area contributed by atoms with Crippen molar-refractivity contribution in [3.05, 3.63) is 64.6 Å². The van der Waals surface area contributed by atoms with Gasteiger partial charge in [0.15, 0.2) is 6.61 Å². The lowest BCUT2D eigenvalue weighted by Crippen LogP contribution is -2.39. The maximum atomic E-state index is 12.0. The average Bonchev–Trinajstić information content (AvgIpc) is 3.02. The number of ether oxygens (including phenoxy) is 1. The molecule has 1 aliphatic rings. The van der Waals surface area contributed by atoms with E-state index in [-0.39, 0.29) is 18.6 Å². The van der Waals surface area contributed by atoms with Crippen molar-refractivity contribution in [3.63, 3.8) is 0 Å². The molecule has 1 atom stereocenters. The minimum atomic E-state index is -0.0653. The second-order valence-corrected chi connectivity index (χ2v) is 6.93. The summed E-state index contributed by atoms with van der Waals surface area (Å²) in [5.74, 6) is 0.634. The monoisotopic (exact) mass is 388 g/mol. The van der Waals surface area contributed by atoms with Gasteiger partial charge in [-0.3, -0.25) is 9.69 Å². The normalized spacial score (nSPS) is 17.6. The third-order valence-electron chi connectivity index (χ3n) is 4.07. The Balaban J connectivity index is 1.40. The highest BCUT2D eigenvalue weighted by molar-refractivity contribution is 9.10. The number of nitrogens with one attached hydrogen (secondary N) is 1. The Morgan fingerprint density at radius 1 is 1.17 bits per heavy atom. The van der Waals surface area contributed by atoms with Gasteiger partial charge in [-0.1, -0.05) is 46.3 Å². The Bertz CT molecular complexity index is 661. The van der Waals surface area contributed by atoms with Crippen LogP contribution in [0.25, 0.3) is 0 Å². The van der Waals surface area contributed by atoms with Crippen molar-refractivity contribution < 1.29 is 9.53 Å². The SMILES string of the molecule is O=C(COc1ccc(Br)cc1)NC1CCN(Cc2ccccc2)C1. The molecule has 1 heterocycles. The molecule has 2 aromatic rings. The molecule has 0 aliphatic carbocycles. The van der Waals surface area contributed by atoms with Crippen LogP contribution in [-0.4, -0.2) is 36.5 Å². The summed E-state index contributed by atoms with van der Waals surface area (Å²) in [6, 6.07) is 18.1. The van der Waals surface area contributed by atoms with E-state index < -0.39 is 0 Å². The summed E-state index contributed by atoms with van der Waals surface area (Å²) in [7, 11) is 0. The van der Waals surface area contributed by atoms with Crippen LogP contribution in [0.15, 0.2) is 59.1 Å². The van der Waals surface area contributed by atoms with E-state index in [2.05, 4.69) is 50.4 Å². The minimum Gasteiger partial charge on any atom is -0.484 e. The molecule has 5 heteroatoms. The van der Waals surface area contributed by atoms with E-state index in [1.807, 2.05) is 30.3 Å². The van der Waals surface area contributed by atoms with Crippen LogP contribution in [0.5, 0.6) is 5.75 Å². The standard InChI is InChI=1S/C19H21BrN2O2/c20-16-6-8-18(9-7-16)24-14-19(23)21-17-10-11-22(13-17)12-15-4-2-1-3-5-15/h1-9,17H,10-14H2,(H,21,23). The lowest BCUT2D eigenvalue weighted by molar-refractivity contribution is -0.123. The van der Waals surface area contributed by atoms with Gasteiger partial charge in [0.25, 0.3) is 5.91 Å². The first kappa shape index (κ1) is 17.0. The predicted molar refractivity (Wildman–Crippen MR) is 97.9 cm³/mol. The Morgan fingerprint density at radius 3 is 2.67 bits per heavy atom. The summed E-state index contributed by atoms with van der Waals surface area (Å²) in [4.78, 5) is 14.4. The number of amides is 1. The summed E-state index contributed by atoms with van der Waals surface area (Å²) in [5, 5.41) is 3.06. The van der Waals surface area contributed by atoms with Gasteiger partial charge in [-0.25, -0.2) is 0 Å². The quantitative estimate of drug-likeness (QED) is 0.825. The van der Waals surface area contributed by atoms with Gasteiger partial charge in [-0.15, -0.1) is 0 Å². The van der Waals surface area contributed by atoms with Gasteiger partial charge in [0.05, 0.1) is 0 Å². The van der Waals surface area contributed by atoms with Crippen molar-refractivity contribution in [1.29, 1.82) is 0 Å². The zero-order valence-electron chi connectivity index (χ0n) is 13.5. The van der Waals surface area contributed by atoms with Crippen molar-refractivity contribution in [2.24, 2.45) is 0 Å². The van der Waals surface area contributed by atoms with Gasteiger partial charge >= 0.3 is 0 Å². The molecule has 3 rings (SSSR count). The third kappa shape index (κ3) is 5.08. The molecule has 1 fully saturated rings. The van der Waals surface area contributed by atoms with Crippen molar-refractivity contribution in [3.8, 4) is 5.75 Å². The smallest absolute Gasteiger partial charge is 0.258 e. The number of rotatable bonds is 6. The van der Waals surface area contributed by atoms with E-state index in [1.165, 1.54) is 5.56 Å². The Labute approximate surface area is 150 Å². The van der Waals surface area contributed by atoms with E-state index >= 15 is 0 Å². The highest BCUT2D eigenvalue weighted by Gasteiger charge is 2.23. The molecule has 0 saturated carbocycles. The molecule has 24 heavy (non-hydrogen) atoms. The second kappa shape index (κ2) is 8.31. The van der Waals surface area contributed by atoms with Crippen molar-refractivity contribution >= 4 is 21.8 Å². The molecule has 2 aromatic carbocycles. The Kier molecular flexibility index (Phi) is 5.88. The lowest BCUT2D eigenvalue weighted by atomic mass is 10.2. The number of carbonyl (C=O) groups excluding carboxylic acids is 1. The third-order valence-corrected chi connectivity index (χ3v) is 4.60. The number of benzene rings is 2. The fraction of sp³-hybridized carbons (Fsp3) is 0.316. The molecule has 0 aromatic heterocycles. The number of hydrogen-bond donors (Lipinski definition) is 1. The van der Waals surface area contributed by atoms with E-state index in [1.54, 1.807) is 0 Å². The number of hydrogen-bond acceptors (Lipinski definition) is 3. The number of halogens is 1. The summed E-state index contributed by atoms with van der Waals surface area (Å²) >= 11 is 3.37. The zero-order valence-corrected chi connectivity index (χ0v) is 15.0. The van der Waals surface area contributed by atoms with Gasteiger partial charge < -0.3 is 10.1 Å². The van der Waals surface area contributed by atoms with E-state index in [0.29, 0.717) is 5.75 Å². The van der Waals surface area contributed by atoms with Crippen LogP contribution in [-0.2, 0) is 11.3 Å². The first-order valence-electron chi connectivity index (χ1n) is 8.13. The second-order valence-electron chi connectivity index (χ2n) is 6.02. The van der Waals surface area contributed by atoms with E-state index in [4.69, 9.17) is 4.74 Å². The van der Waals surface area contributed by atoms with Crippen LogP contribution in [0.3, 0.4) is 0 Å². The molecule has 1 unspecified atom stereocenters. The molecule has 126 valence electrons. The fourth-order valence-corrected chi connectivity index (χ4v) is 3.15. The number of likely N-dealkylation sites (tertiary alicyclic amines) is 1. The molecule has 1 amide bonds. The predicted octanol–water partition coefficient (Wildman–Crippen LogP) is 3.22. The van der Waals surface area contributed by atoms with Crippen LogP contribution in [0.1, 0.15) is 12.0 Å². The fourth-order valence-electron chi connectivity index (χ4n) is 2.88. The first-order chi connectivity index (χ1) is 11.7. The lowest BCUT2D eigenvalue weighted by Gasteiger charge is -2.17. The van der Waals surface area contributed by atoms with Crippen LogP contribution in [0.2, 0.25) is 0 Å². The Morgan fingerprint density at radius 2 is 1.92 bits per heavy atom.